The molecule has 0 saturated heterocycles. The summed E-state index contributed by atoms with van der Waals surface area (Å²) in [5.41, 5.74) is 6.73. The van der Waals surface area contributed by atoms with Crippen LogP contribution in [0, 0.1) is 0 Å². The highest BCUT2D eigenvalue weighted by atomic mass is 79.9. The minimum atomic E-state index is -0.667. The molecule has 2 heterocycles. The highest BCUT2D eigenvalue weighted by molar-refractivity contribution is 9.10. The van der Waals surface area contributed by atoms with Gasteiger partial charge < -0.3 is 4.74 Å². The van der Waals surface area contributed by atoms with Crippen LogP contribution in [0.5, 0.6) is 5.88 Å². The van der Waals surface area contributed by atoms with E-state index in [1.807, 2.05) is 18.3 Å². The minimum absolute atomic E-state index is 0.601. The SMILES string of the molecule is COc1ccc(-c2ccc(-c3nn(C(c4ccccc4)(c4ccccc4)c4ccccc4)cc3Br)cc2)cn1. The van der Waals surface area contributed by atoms with Gasteiger partial charge in [0, 0.05) is 29.6 Å². The van der Waals surface area contributed by atoms with Crippen LogP contribution in [0.4, 0.5) is 0 Å². The molecule has 6 aromatic rings. The van der Waals surface area contributed by atoms with Gasteiger partial charge in [0.2, 0.25) is 5.88 Å². The molecule has 0 N–H and O–H groups in total. The second kappa shape index (κ2) is 10.7. The van der Waals surface area contributed by atoms with Crippen LogP contribution in [0.25, 0.3) is 22.4 Å². The van der Waals surface area contributed by atoms with Crippen molar-refractivity contribution in [2.75, 3.05) is 7.11 Å². The lowest BCUT2D eigenvalue weighted by Gasteiger charge is -2.36. The summed E-state index contributed by atoms with van der Waals surface area (Å²) in [7, 11) is 1.62. The summed E-state index contributed by atoms with van der Waals surface area (Å²) in [5, 5.41) is 5.25. The van der Waals surface area contributed by atoms with Gasteiger partial charge in [-0.2, -0.15) is 5.10 Å². The maximum Gasteiger partial charge on any atom is 0.212 e. The van der Waals surface area contributed by atoms with Crippen molar-refractivity contribution in [2.45, 2.75) is 5.54 Å². The Morgan fingerprint density at radius 1 is 0.615 bits per heavy atom. The molecule has 6 rings (SSSR count). The molecular formula is C34H26BrN3O. The monoisotopic (exact) mass is 571 g/mol. The highest BCUT2D eigenvalue weighted by Crippen LogP contribution is 2.42. The van der Waals surface area contributed by atoms with Crippen molar-refractivity contribution >= 4 is 15.9 Å². The molecule has 0 fully saturated rings. The van der Waals surface area contributed by atoms with Crippen molar-refractivity contribution in [3.63, 3.8) is 0 Å². The van der Waals surface area contributed by atoms with E-state index in [0.29, 0.717) is 5.88 Å². The van der Waals surface area contributed by atoms with Crippen LogP contribution in [0.3, 0.4) is 0 Å². The molecule has 0 unspecified atom stereocenters. The van der Waals surface area contributed by atoms with E-state index in [0.717, 1.165) is 43.5 Å². The van der Waals surface area contributed by atoms with Crippen molar-refractivity contribution in [3.05, 3.63) is 161 Å². The molecule has 39 heavy (non-hydrogen) atoms. The summed E-state index contributed by atoms with van der Waals surface area (Å²) in [6.07, 6.45) is 3.91. The van der Waals surface area contributed by atoms with Gasteiger partial charge in [-0.3, -0.25) is 4.68 Å². The molecule has 0 spiro atoms. The van der Waals surface area contributed by atoms with Crippen molar-refractivity contribution < 1.29 is 4.74 Å². The molecule has 0 amide bonds. The Labute approximate surface area is 236 Å². The maximum absolute atomic E-state index is 5.25. The summed E-state index contributed by atoms with van der Waals surface area (Å²) in [6, 6.07) is 44.0. The Morgan fingerprint density at radius 3 is 1.56 bits per heavy atom. The Bertz CT molecular complexity index is 1570. The van der Waals surface area contributed by atoms with Gasteiger partial charge in [-0.05, 0) is 44.3 Å². The van der Waals surface area contributed by atoms with Gasteiger partial charge in [0.25, 0.3) is 0 Å². The van der Waals surface area contributed by atoms with Crippen LogP contribution in [-0.2, 0) is 5.54 Å². The fourth-order valence-electron chi connectivity index (χ4n) is 5.15. The number of hydrogen-bond donors (Lipinski definition) is 0. The number of nitrogens with zero attached hydrogens (tertiary/aromatic N) is 3. The predicted octanol–water partition coefficient (Wildman–Crippen LogP) is 8.22. The van der Waals surface area contributed by atoms with E-state index in [4.69, 9.17) is 9.84 Å². The number of benzene rings is 4. The van der Waals surface area contributed by atoms with E-state index in [9.17, 15) is 0 Å². The third-order valence-corrected chi connectivity index (χ3v) is 7.61. The largest absolute Gasteiger partial charge is 0.481 e. The average molecular weight is 573 g/mol. The molecule has 0 bridgehead atoms. The second-order valence-electron chi connectivity index (χ2n) is 9.25. The van der Waals surface area contributed by atoms with Gasteiger partial charge >= 0.3 is 0 Å². The van der Waals surface area contributed by atoms with Crippen LogP contribution in [0.2, 0.25) is 0 Å². The first kappa shape index (κ1) is 24.8. The first-order valence-corrected chi connectivity index (χ1v) is 13.5. The third-order valence-electron chi connectivity index (χ3n) is 7.03. The van der Waals surface area contributed by atoms with Crippen molar-refractivity contribution in [2.24, 2.45) is 0 Å². The Hall–Kier alpha value is -4.48. The average Bonchev–Trinajstić information content (AvgIpc) is 3.41. The molecule has 4 nitrogen and oxygen atoms in total. The van der Waals surface area contributed by atoms with E-state index in [2.05, 4.69) is 147 Å². The van der Waals surface area contributed by atoms with Crippen molar-refractivity contribution in [1.29, 1.82) is 0 Å². The molecule has 0 aliphatic heterocycles. The molecule has 0 saturated carbocycles. The number of methoxy groups -OCH3 is 1. The fraction of sp³-hybridized carbons (Fsp3) is 0.0588. The van der Waals surface area contributed by atoms with E-state index in [1.54, 1.807) is 7.11 Å². The van der Waals surface area contributed by atoms with Crippen molar-refractivity contribution in [3.8, 4) is 28.3 Å². The summed E-state index contributed by atoms with van der Waals surface area (Å²) < 4.78 is 8.21. The molecule has 190 valence electrons. The molecule has 2 aromatic heterocycles. The zero-order valence-corrected chi connectivity index (χ0v) is 23.0. The molecule has 5 heteroatoms. The minimum Gasteiger partial charge on any atom is -0.481 e. The van der Waals surface area contributed by atoms with Gasteiger partial charge in [0.05, 0.1) is 11.6 Å². The lowest BCUT2D eigenvalue weighted by atomic mass is 9.77. The highest BCUT2D eigenvalue weighted by Gasteiger charge is 2.39. The number of aromatic nitrogens is 3. The molecule has 0 aliphatic rings. The number of rotatable bonds is 7. The lowest BCUT2D eigenvalue weighted by Crippen LogP contribution is -2.38. The Kier molecular flexibility index (Phi) is 6.82. The Balaban J connectivity index is 1.50. The van der Waals surface area contributed by atoms with Crippen LogP contribution in [0.1, 0.15) is 16.7 Å². The molecule has 0 radical (unpaired) electrons. The van der Waals surface area contributed by atoms with Gasteiger partial charge in [-0.15, -0.1) is 0 Å². The van der Waals surface area contributed by atoms with Crippen LogP contribution < -0.4 is 4.74 Å². The zero-order chi connectivity index (χ0) is 26.7. The van der Waals surface area contributed by atoms with Crippen molar-refractivity contribution in [1.82, 2.24) is 14.8 Å². The summed E-state index contributed by atoms with van der Waals surface area (Å²) in [5.74, 6) is 0.601. The number of ether oxygens (including phenoxy) is 1. The fourth-order valence-corrected chi connectivity index (χ4v) is 5.65. The van der Waals surface area contributed by atoms with Gasteiger partial charge in [0.15, 0.2) is 0 Å². The molecular weight excluding hydrogens is 546 g/mol. The topological polar surface area (TPSA) is 39.9 Å². The van der Waals surface area contributed by atoms with Crippen LogP contribution >= 0.6 is 15.9 Å². The van der Waals surface area contributed by atoms with Gasteiger partial charge in [-0.25, -0.2) is 4.98 Å². The second-order valence-corrected chi connectivity index (χ2v) is 10.1. The molecule has 0 atom stereocenters. The normalized spacial score (nSPS) is 11.3. The summed E-state index contributed by atoms with van der Waals surface area (Å²) >= 11 is 3.84. The first-order chi connectivity index (χ1) is 19.2. The van der Waals surface area contributed by atoms with E-state index < -0.39 is 5.54 Å². The summed E-state index contributed by atoms with van der Waals surface area (Å²) in [4.78, 5) is 4.34. The van der Waals surface area contributed by atoms with Crippen LogP contribution in [0.15, 0.2) is 144 Å². The first-order valence-electron chi connectivity index (χ1n) is 12.7. The maximum atomic E-state index is 5.25. The molecule has 0 aliphatic carbocycles. The number of halogens is 1. The zero-order valence-electron chi connectivity index (χ0n) is 21.4. The lowest BCUT2D eigenvalue weighted by molar-refractivity contribution is 0.398. The predicted molar refractivity (Wildman–Crippen MR) is 160 cm³/mol. The molecule has 4 aromatic carbocycles. The van der Waals surface area contributed by atoms with E-state index >= 15 is 0 Å². The van der Waals surface area contributed by atoms with Crippen LogP contribution in [-0.4, -0.2) is 21.9 Å². The van der Waals surface area contributed by atoms with E-state index in [1.165, 1.54) is 0 Å². The Morgan fingerprint density at radius 2 is 1.10 bits per heavy atom. The number of pyridine rings is 1. The number of hydrogen-bond acceptors (Lipinski definition) is 3. The quantitative estimate of drug-likeness (QED) is 0.181. The van der Waals surface area contributed by atoms with Gasteiger partial charge in [0.1, 0.15) is 11.2 Å². The standard InChI is InChI=1S/C34H26BrN3O/c1-39-32-22-21-27(23-36-32)25-17-19-26(20-18-25)33-31(35)24-38(37-33)34(28-11-5-2-6-12-28,29-13-7-3-8-14-29)30-15-9-4-10-16-30/h2-24H,1H3. The van der Waals surface area contributed by atoms with Gasteiger partial charge in [-0.1, -0.05) is 115 Å². The van der Waals surface area contributed by atoms with E-state index in [-0.39, 0.29) is 0 Å². The smallest absolute Gasteiger partial charge is 0.212 e. The summed E-state index contributed by atoms with van der Waals surface area (Å²) in [6.45, 7) is 0. The third kappa shape index (κ3) is 4.55.